The number of hydrogen-bond donors (Lipinski definition) is 1. The van der Waals surface area contributed by atoms with Crippen molar-refractivity contribution in [2.24, 2.45) is 5.73 Å². The minimum absolute atomic E-state index is 0.199. The molecule has 0 bridgehead atoms. The highest BCUT2D eigenvalue weighted by Crippen LogP contribution is 2.28. The van der Waals surface area contributed by atoms with Crippen molar-refractivity contribution in [3.63, 3.8) is 0 Å². The molecule has 0 amide bonds. The van der Waals surface area contributed by atoms with Crippen LogP contribution in [0.4, 0.5) is 0 Å². The molecule has 4 nitrogen and oxygen atoms in total. The van der Waals surface area contributed by atoms with Gasteiger partial charge in [0.1, 0.15) is 0 Å². The maximum absolute atomic E-state index is 6.11. The van der Waals surface area contributed by atoms with Gasteiger partial charge in [-0.3, -0.25) is 4.90 Å². The van der Waals surface area contributed by atoms with Crippen molar-refractivity contribution < 1.29 is 4.74 Å². The van der Waals surface area contributed by atoms with E-state index in [2.05, 4.69) is 23.8 Å². The van der Waals surface area contributed by atoms with Crippen LogP contribution >= 0.6 is 0 Å². The predicted octanol–water partition coefficient (Wildman–Crippen LogP) is 0.520. The number of nitrogens with zero attached hydrogens (tertiary/aromatic N) is 2. The fourth-order valence-electron chi connectivity index (χ4n) is 3.29. The minimum atomic E-state index is 0.199. The average molecular weight is 241 g/mol. The Labute approximate surface area is 105 Å². The summed E-state index contributed by atoms with van der Waals surface area (Å²) in [5.74, 6) is 0. The van der Waals surface area contributed by atoms with Crippen molar-refractivity contribution in [1.29, 1.82) is 0 Å². The number of rotatable bonds is 3. The molecule has 0 aromatic heterocycles. The third-order valence-electron chi connectivity index (χ3n) is 4.39. The van der Waals surface area contributed by atoms with E-state index in [1.807, 2.05) is 0 Å². The van der Waals surface area contributed by atoms with Crippen LogP contribution in [0.15, 0.2) is 0 Å². The van der Waals surface area contributed by atoms with Crippen LogP contribution in [0.1, 0.15) is 26.2 Å². The Kier molecular flexibility index (Phi) is 4.42. The number of likely N-dealkylation sites (N-methyl/N-ethyl adjacent to an activating group) is 1. The Morgan fingerprint density at radius 1 is 1.41 bits per heavy atom. The van der Waals surface area contributed by atoms with E-state index in [-0.39, 0.29) is 5.54 Å². The lowest BCUT2D eigenvalue weighted by molar-refractivity contribution is -0.0843. The summed E-state index contributed by atoms with van der Waals surface area (Å²) >= 11 is 0. The van der Waals surface area contributed by atoms with E-state index in [0.717, 1.165) is 39.2 Å². The zero-order chi connectivity index (χ0) is 12.3. The zero-order valence-corrected chi connectivity index (χ0v) is 11.3. The van der Waals surface area contributed by atoms with Gasteiger partial charge >= 0.3 is 0 Å². The Morgan fingerprint density at radius 2 is 2.24 bits per heavy atom. The van der Waals surface area contributed by atoms with Crippen molar-refractivity contribution in [3.8, 4) is 0 Å². The van der Waals surface area contributed by atoms with E-state index in [4.69, 9.17) is 10.5 Å². The Morgan fingerprint density at radius 3 is 2.88 bits per heavy atom. The Hall–Kier alpha value is -0.160. The number of morpholine rings is 1. The third-order valence-corrected chi connectivity index (χ3v) is 4.39. The summed E-state index contributed by atoms with van der Waals surface area (Å²) < 4.78 is 5.77. The van der Waals surface area contributed by atoms with Crippen molar-refractivity contribution >= 4 is 0 Å². The third kappa shape index (κ3) is 2.81. The van der Waals surface area contributed by atoms with Gasteiger partial charge in [0.25, 0.3) is 0 Å². The standard InChI is InChI=1S/C13H27N3O/c1-3-12-9-16(7-8-17-12)13(10-14)5-4-6-15(2)11-13/h12H,3-11,14H2,1-2H3. The molecule has 2 aliphatic heterocycles. The van der Waals surface area contributed by atoms with Gasteiger partial charge in [-0.1, -0.05) is 6.92 Å². The zero-order valence-electron chi connectivity index (χ0n) is 11.3. The fraction of sp³-hybridized carbons (Fsp3) is 1.00. The summed E-state index contributed by atoms with van der Waals surface area (Å²) in [5.41, 5.74) is 6.31. The highest BCUT2D eigenvalue weighted by Gasteiger charge is 2.40. The number of likely N-dealkylation sites (tertiary alicyclic amines) is 1. The Balaban J connectivity index is 2.05. The summed E-state index contributed by atoms with van der Waals surface area (Å²) in [7, 11) is 2.21. The summed E-state index contributed by atoms with van der Waals surface area (Å²) in [4.78, 5) is 5.02. The lowest BCUT2D eigenvalue weighted by atomic mass is 9.86. The van der Waals surface area contributed by atoms with Gasteiger partial charge in [-0.2, -0.15) is 0 Å². The number of hydrogen-bond acceptors (Lipinski definition) is 4. The molecule has 0 aliphatic carbocycles. The summed E-state index contributed by atoms with van der Waals surface area (Å²) in [5, 5.41) is 0. The second-order valence-corrected chi connectivity index (χ2v) is 5.62. The molecule has 0 saturated carbocycles. The van der Waals surface area contributed by atoms with Crippen molar-refractivity contribution in [2.45, 2.75) is 37.8 Å². The van der Waals surface area contributed by atoms with Gasteiger partial charge in [-0.15, -0.1) is 0 Å². The van der Waals surface area contributed by atoms with Crippen LogP contribution in [0, 0.1) is 0 Å². The lowest BCUT2D eigenvalue weighted by Gasteiger charge is -2.51. The van der Waals surface area contributed by atoms with E-state index in [1.165, 1.54) is 19.4 Å². The molecule has 0 spiro atoms. The molecule has 100 valence electrons. The van der Waals surface area contributed by atoms with Gasteiger partial charge in [0.2, 0.25) is 0 Å². The first kappa shape index (κ1) is 13.3. The SMILES string of the molecule is CCC1CN(C2(CN)CCCN(C)C2)CCO1. The highest BCUT2D eigenvalue weighted by atomic mass is 16.5. The van der Waals surface area contributed by atoms with Crippen molar-refractivity contribution in [3.05, 3.63) is 0 Å². The largest absolute Gasteiger partial charge is 0.376 e. The van der Waals surface area contributed by atoms with Gasteiger partial charge in [0.05, 0.1) is 12.7 Å². The first-order valence-electron chi connectivity index (χ1n) is 6.95. The Bertz CT molecular complexity index is 249. The summed E-state index contributed by atoms with van der Waals surface area (Å²) in [6.07, 6.45) is 4.01. The van der Waals surface area contributed by atoms with Gasteiger partial charge < -0.3 is 15.4 Å². The number of piperidine rings is 1. The molecular weight excluding hydrogens is 214 g/mol. The van der Waals surface area contributed by atoms with Crippen molar-refractivity contribution in [2.75, 3.05) is 46.4 Å². The first-order valence-corrected chi connectivity index (χ1v) is 6.95. The lowest BCUT2D eigenvalue weighted by Crippen LogP contribution is -2.65. The van der Waals surface area contributed by atoms with Crippen LogP contribution in [0.2, 0.25) is 0 Å². The van der Waals surface area contributed by atoms with Crippen LogP contribution < -0.4 is 5.73 Å². The molecular formula is C13H27N3O. The van der Waals surface area contributed by atoms with Gasteiger partial charge in [0, 0.05) is 31.7 Å². The van der Waals surface area contributed by atoms with Gasteiger partial charge in [-0.05, 0) is 32.9 Å². The van der Waals surface area contributed by atoms with Crippen LogP contribution in [0.5, 0.6) is 0 Å². The molecule has 17 heavy (non-hydrogen) atoms. The van der Waals surface area contributed by atoms with Crippen LogP contribution in [0.3, 0.4) is 0 Å². The van der Waals surface area contributed by atoms with Gasteiger partial charge in [0.15, 0.2) is 0 Å². The molecule has 2 unspecified atom stereocenters. The predicted molar refractivity (Wildman–Crippen MR) is 70.1 cm³/mol. The summed E-state index contributed by atoms with van der Waals surface area (Å²) in [6.45, 7) is 8.26. The smallest absolute Gasteiger partial charge is 0.0700 e. The molecule has 2 rings (SSSR count). The number of ether oxygens (including phenoxy) is 1. The molecule has 0 aromatic rings. The number of nitrogens with two attached hydrogens (primary N) is 1. The molecule has 0 radical (unpaired) electrons. The topological polar surface area (TPSA) is 41.7 Å². The molecule has 2 fully saturated rings. The molecule has 0 aromatic carbocycles. The van der Waals surface area contributed by atoms with Gasteiger partial charge in [-0.25, -0.2) is 0 Å². The van der Waals surface area contributed by atoms with Crippen molar-refractivity contribution in [1.82, 2.24) is 9.80 Å². The average Bonchev–Trinajstić information content (AvgIpc) is 2.38. The van der Waals surface area contributed by atoms with E-state index in [9.17, 15) is 0 Å². The normalized spacial score (nSPS) is 37.2. The second kappa shape index (κ2) is 5.65. The van der Waals surface area contributed by atoms with Crippen LogP contribution in [-0.2, 0) is 4.74 Å². The molecule has 2 aliphatic rings. The quantitative estimate of drug-likeness (QED) is 0.782. The molecule has 4 heteroatoms. The second-order valence-electron chi connectivity index (χ2n) is 5.62. The van der Waals surface area contributed by atoms with E-state index in [1.54, 1.807) is 0 Å². The van der Waals surface area contributed by atoms with E-state index < -0.39 is 0 Å². The van der Waals surface area contributed by atoms with E-state index >= 15 is 0 Å². The van der Waals surface area contributed by atoms with Crippen LogP contribution in [0.25, 0.3) is 0 Å². The summed E-state index contributed by atoms with van der Waals surface area (Å²) in [6, 6.07) is 0. The molecule has 2 N–H and O–H groups in total. The first-order chi connectivity index (χ1) is 8.20. The molecule has 2 atom stereocenters. The molecule has 2 saturated heterocycles. The highest BCUT2D eigenvalue weighted by molar-refractivity contribution is 4.98. The monoisotopic (exact) mass is 241 g/mol. The minimum Gasteiger partial charge on any atom is -0.376 e. The van der Waals surface area contributed by atoms with E-state index in [0.29, 0.717) is 6.10 Å². The fourth-order valence-corrected chi connectivity index (χ4v) is 3.29. The maximum Gasteiger partial charge on any atom is 0.0700 e. The molecule has 2 heterocycles. The maximum atomic E-state index is 6.11. The van der Waals surface area contributed by atoms with Crippen LogP contribution in [-0.4, -0.2) is 67.8 Å².